The molecule has 10 heteroatoms. The Kier molecular flexibility index (Phi) is 7.19. The second-order valence-corrected chi connectivity index (χ2v) is 9.26. The molecule has 1 atom stereocenters. The van der Waals surface area contributed by atoms with Crippen LogP contribution in [0.3, 0.4) is 0 Å². The fourth-order valence-electron chi connectivity index (χ4n) is 4.79. The summed E-state index contributed by atoms with van der Waals surface area (Å²) in [5.74, 6) is 0.206. The number of para-hydroxylation sites is 2. The number of halogens is 3. The number of aromatic nitrogens is 1. The summed E-state index contributed by atoms with van der Waals surface area (Å²) < 4.78 is 47.3. The van der Waals surface area contributed by atoms with Crippen molar-refractivity contribution in [2.75, 3.05) is 23.3 Å². The SMILES string of the molecule is CCCCN(CC(=O)N1c2ccccc2-n2cccc2C1c1ccco1)C(=O)Nc1cccc(C(F)(F)F)c1. The van der Waals surface area contributed by atoms with Crippen LogP contribution in [0.4, 0.5) is 29.3 Å². The molecule has 0 saturated carbocycles. The van der Waals surface area contributed by atoms with E-state index in [-0.39, 0.29) is 24.7 Å². The van der Waals surface area contributed by atoms with Crippen LogP contribution in [0.25, 0.3) is 5.69 Å². The van der Waals surface area contributed by atoms with Crippen molar-refractivity contribution in [3.8, 4) is 5.69 Å². The Morgan fingerprint density at radius 2 is 1.79 bits per heavy atom. The van der Waals surface area contributed by atoms with Crippen molar-refractivity contribution in [2.24, 2.45) is 0 Å². The van der Waals surface area contributed by atoms with E-state index in [1.807, 2.05) is 54.1 Å². The third-order valence-electron chi connectivity index (χ3n) is 6.64. The quantitative estimate of drug-likeness (QED) is 0.281. The Bertz CT molecular complexity index is 1460. The predicted molar refractivity (Wildman–Crippen MR) is 141 cm³/mol. The van der Waals surface area contributed by atoms with E-state index < -0.39 is 23.8 Å². The maximum Gasteiger partial charge on any atom is 0.416 e. The van der Waals surface area contributed by atoms with Crippen molar-refractivity contribution >= 4 is 23.3 Å². The topological polar surface area (TPSA) is 70.7 Å². The normalized spacial score (nSPS) is 14.5. The van der Waals surface area contributed by atoms with E-state index in [2.05, 4.69) is 5.32 Å². The van der Waals surface area contributed by atoms with Crippen LogP contribution in [0.1, 0.15) is 42.8 Å². The number of hydrogen-bond acceptors (Lipinski definition) is 3. The number of anilines is 2. The molecule has 0 saturated heterocycles. The van der Waals surface area contributed by atoms with Crippen LogP contribution in [0.2, 0.25) is 0 Å². The zero-order chi connectivity index (χ0) is 27.6. The van der Waals surface area contributed by atoms with Crippen molar-refractivity contribution < 1.29 is 27.2 Å². The monoisotopic (exact) mass is 536 g/mol. The fraction of sp³-hybridized carbons (Fsp3) is 0.241. The van der Waals surface area contributed by atoms with Gasteiger partial charge in [-0.3, -0.25) is 9.69 Å². The molecule has 0 fully saturated rings. The van der Waals surface area contributed by atoms with Crippen LogP contribution in [0, 0.1) is 0 Å². The molecule has 2 aromatic heterocycles. The summed E-state index contributed by atoms with van der Waals surface area (Å²) in [5, 5.41) is 2.53. The van der Waals surface area contributed by atoms with E-state index in [0.717, 1.165) is 29.9 Å². The number of benzene rings is 2. The van der Waals surface area contributed by atoms with Gasteiger partial charge in [-0.2, -0.15) is 13.2 Å². The van der Waals surface area contributed by atoms with Crippen molar-refractivity contribution in [2.45, 2.75) is 32.0 Å². The molecule has 0 spiro atoms. The first kappa shape index (κ1) is 26.1. The van der Waals surface area contributed by atoms with Crippen LogP contribution < -0.4 is 10.2 Å². The number of fused-ring (bicyclic) bond motifs is 3. The van der Waals surface area contributed by atoms with Crippen molar-refractivity contribution in [3.05, 3.63) is 102 Å². The lowest BCUT2D eigenvalue weighted by Crippen LogP contribution is -2.47. The van der Waals surface area contributed by atoms with E-state index >= 15 is 0 Å². The van der Waals surface area contributed by atoms with Crippen LogP contribution in [-0.2, 0) is 11.0 Å². The third kappa shape index (κ3) is 5.27. The van der Waals surface area contributed by atoms with Gasteiger partial charge in [-0.25, -0.2) is 4.79 Å². The molecule has 0 radical (unpaired) electrons. The largest absolute Gasteiger partial charge is 0.467 e. The molecular weight excluding hydrogens is 509 g/mol. The van der Waals surface area contributed by atoms with Crippen molar-refractivity contribution in [1.29, 1.82) is 0 Å². The van der Waals surface area contributed by atoms with Gasteiger partial charge in [0.15, 0.2) is 0 Å². The van der Waals surface area contributed by atoms with Gasteiger partial charge < -0.3 is 19.2 Å². The summed E-state index contributed by atoms with van der Waals surface area (Å²) in [6.45, 7) is 1.92. The molecule has 3 amide bonds. The van der Waals surface area contributed by atoms with Gasteiger partial charge >= 0.3 is 12.2 Å². The summed E-state index contributed by atoms with van der Waals surface area (Å²) in [4.78, 5) is 30.2. The van der Waals surface area contributed by atoms with Gasteiger partial charge in [-0.1, -0.05) is 31.5 Å². The van der Waals surface area contributed by atoms with Crippen LogP contribution in [0.5, 0.6) is 0 Å². The molecule has 202 valence electrons. The molecule has 3 heterocycles. The first-order chi connectivity index (χ1) is 18.8. The second kappa shape index (κ2) is 10.7. The molecule has 7 nitrogen and oxygen atoms in total. The summed E-state index contributed by atoms with van der Waals surface area (Å²) in [7, 11) is 0. The molecule has 39 heavy (non-hydrogen) atoms. The molecule has 5 rings (SSSR count). The van der Waals surface area contributed by atoms with Gasteiger partial charge in [0.2, 0.25) is 5.91 Å². The van der Waals surface area contributed by atoms with Gasteiger partial charge in [0.1, 0.15) is 18.3 Å². The average molecular weight is 537 g/mol. The maximum atomic E-state index is 14.0. The number of rotatable bonds is 7. The van der Waals surface area contributed by atoms with E-state index in [0.29, 0.717) is 17.9 Å². The standard InChI is InChI=1S/C29H27F3N4O3/c1-2-3-15-34(28(38)33-21-10-6-9-20(18-21)29(30,31)32)19-26(37)36-23-12-5-4-11-22(23)35-16-7-13-24(35)27(36)25-14-8-17-39-25/h4-14,16-18,27H,2-3,15,19H2,1H3,(H,33,38). The van der Waals surface area contributed by atoms with Crippen molar-refractivity contribution in [1.82, 2.24) is 9.47 Å². The Hall–Kier alpha value is -4.47. The number of unbranched alkanes of at least 4 members (excludes halogenated alkanes) is 1. The van der Waals surface area contributed by atoms with E-state index in [9.17, 15) is 22.8 Å². The highest BCUT2D eigenvalue weighted by Crippen LogP contribution is 2.42. The van der Waals surface area contributed by atoms with Crippen LogP contribution in [-0.4, -0.2) is 34.5 Å². The number of carbonyl (C=O) groups excluding carboxylic acids is 2. The summed E-state index contributed by atoms with van der Waals surface area (Å²) in [5.41, 5.74) is 1.41. The highest BCUT2D eigenvalue weighted by Gasteiger charge is 2.38. The Morgan fingerprint density at radius 3 is 2.51 bits per heavy atom. The molecular formula is C29H27F3N4O3. The van der Waals surface area contributed by atoms with Gasteiger partial charge in [-0.15, -0.1) is 0 Å². The molecule has 1 N–H and O–H groups in total. The highest BCUT2D eigenvalue weighted by atomic mass is 19.4. The second-order valence-electron chi connectivity index (χ2n) is 9.26. The molecule has 1 aliphatic rings. The molecule has 0 aliphatic carbocycles. The van der Waals surface area contributed by atoms with E-state index in [1.54, 1.807) is 23.3 Å². The number of amides is 3. The van der Waals surface area contributed by atoms with E-state index in [4.69, 9.17) is 4.42 Å². The van der Waals surface area contributed by atoms with Crippen LogP contribution >= 0.6 is 0 Å². The average Bonchev–Trinajstić information content (AvgIpc) is 3.63. The van der Waals surface area contributed by atoms with E-state index in [1.165, 1.54) is 17.0 Å². The third-order valence-corrected chi connectivity index (χ3v) is 6.64. The predicted octanol–water partition coefficient (Wildman–Crippen LogP) is 6.86. The Balaban J connectivity index is 1.45. The minimum absolute atomic E-state index is 0.00150. The molecule has 0 bridgehead atoms. The molecule has 1 unspecified atom stereocenters. The lowest BCUT2D eigenvalue weighted by Gasteiger charge is -2.38. The summed E-state index contributed by atoms with van der Waals surface area (Å²) in [6.07, 6.45) is 0.295. The molecule has 2 aromatic carbocycles. The zero-order valence-corrected chi connectivity index (χ0v) is 21.2. The van der Waals surface area contributed by atoms with Gasteiger partial charge in [0.05, 0.1) is 28.9 Å². The lowest BCUT2D eigenvalue weighted by atomic mass is 10.0. The van der Waals surface area contributed by atoms with Crippen molar-refractivity contribution in [3.63, 3.8) is 0 Å². The summed E-state index contributed by atoms with van der Waals surface area (Å²) in [6, 6.07) is 18.0. The number of alkyl halides is 3. The fourth-order valence-corrected chi connectivity index (χ4v) is 4.79. The number of carbonyl (C=O) groups is 2. The maximum absolute atomic E-state index is 14.0. The van der Waals surface area contributed by atoms with Crippen LogP contribution in [0.15, 0.2) is 89.7 Å². The first-order valence-corrected chi connectivity index (χ1v) is 12.6. The minimum Gasteiger partial charge on any atom is -0.467 e. The number of nitrogens with zero attached hydrogens (tertiary/aromatic N) is 3. The molecule has 1 aliphatic heterocycles. The number of nitrogens with one attached hydrogen (secondary N) is 1. The minimum atomic E-state index is -4.54. The number of urea groups is 1. The van der Waals surface area contributed by atoms with Gasteiger partial charge in [0, 0.05) is 18.4 Å². The zero-order valence-electron chi connectivity index (χ0n) is 21.2. The number of furan rings is 1. The number of hydrogen-bond donors (Lipinski definition) is 1. The highest BCUT2D eigenvalue weighted by molar-refractivity contribution is 6.01. The van der Waals surface area contributed by atoms with Gasteiger partial charge in [-0.05, 0) is 61.0 Å². The smallest absolute Gasteiger partial charge is 0.416 e. The first-order valence-electron chi connectivity index (χ1n) is 12.6. The Morgan fingerprint density at radius 1 is 1.00 bits per heavy atom. The van der Waals surface area contributed by atoms with Gasteiger partial charge in [0.25, 0.3) is 0 Å². The lowest BCUT2D eigenvalue weighted by molar-refractivity contribution is -0.137. The molecule has 4 aromatic rings. The summed E-state index contributed by atoms with van der Waals surface area (Å²) >= 11 is 0. The Labute approximate surface area is 223 Å².